The summed E-state index contributed by atoms with van der Waals surface area (Å²) >= 11 is 17.1. The first-order valence-electron chi connectivity index (χ1n) is 2.84. The molecule has 0 spiro atoms. The number of ether oxygens (including phenoxy) is 1. The Kier molecular flexibility index (Phi) is 19.8. The standard InChI is InChI=1S/C7H5Cl3O.Al.3ClH/c1-11-5-3-2-4(8)6(9)7(5)10;;;;/h2-3H,1H3;;3*1H/q;+3;;;/p-3. The third kappa shape index (κ3) is 6.56. The Balaban J connectivity index is -0.000000151. The Hall–Kier alpha value is 1.29. The fraction of sp³-hybridized carbons (Fsp3) is 0.143. The van der Waals surface area contributed by atoms with Crippen LogP contribution >= 0.6 is 34.8 Å². The van der Waals surface area contributed by atoms with Gasteiger partial charge in [-0.15, -0.1) is 0 Å². The summed E-state index contributed by atoms with van der Waals surface area (Å²) in [5.74, 6) is 0.529. The number of rotatable bonds is 1. The second-order valence-electron chi connectivity index (χ2n) is 1.88. The molecular weight excluding hydrogens is 340 g/mol. The van der Waals surface area contributed by atoms with Gasteiger partial charge in [-0.05, 0) is 12.1 Å². The van der Waals surface area contributed by atoms with Crippen LogP contribution in [0.25, 0.3) is 0 Å². The maximum Gasteiger partial charge on any atom is 3.00 e. The molecule has 84 valence electrons. The summed E-state index contributed by atoms with van der Waals surface area (Å²) in [5.41, 5.74) is 0. The summed E-state index contributed by atoms with van der Waals surface area (Å²) in [6.45, 7) is 0. The van der Waals surface area contributed by atoms with Crippen LogP contribution < -0.4 is 42.0 Å². The summed E-state index contributed by atoms with van der Waals surface area (Å²) in [6.07, 6.45) is 0. The molecule has 0 aliphatic carbocycles. The van der Waals surface area contributed by atoms with Crippen LogP contribution in [0.2, 0.25) is 15.1 Å². The first-order chi connectivity index (χ1) is 5.16. The molecule has 0 aliphatic rings. The smallest absolute Gasteiger partial charge is 1.00 e. The summed E-state index contributed by atoms with van der Waals surface area (Å²) in [7, 11) is 1.52. The fourth-order valence-electron chi connectivity index (χ4n) is 0.666. The van der Waals surface area contributed by atoms with Crippen molar-refractivity contribution in [2.24, 2.45) is 0 Å². The van der Waals surface area contributed by atoms with E-state index in [2.05, 4.69) is 0 Å². The monoisotopic (exact) mass is 342 g/mol. The van der Waals surface area contributed by atoms with Crippen LogP contribution in [-0.4, -0.2) is 24.5 Å². The molecule has 0 radical (unpaired) electrons. The molecule has 15 heavy (non-hydrogen) atoms. The SMILES string of the molecule is COc1ccc(Cl)c(Cl)c1Cl.[Al+3].[Cl-].[Cl-].[Cl-]. The summed E-state index contributed by atoms with van der Waals surface area (Å²) in [4.78, 5) is 0. The summed E-state index contributed by atoms with van der Waals surface area (Å²) in [6, 6.07) is 3.30. The van der Waals surface area contributed by atoms with Gasteiger partial charge < -0.3 is 42.0 Å². The molecule has 0 amide bonds. The Morgan fingerprint density at radius 1 is 0.933 bits per heavy atom. The molecular formula is C7H5AlCl6O. The second kappa shape index (κ2) is 11.8. The number of hydrogen-bond acceptors (Lipinski definition) is 1. The maximum atomic E-state index is 5.76. The van der Waals surface area contributed by atoms with Gasteiger partial charge in [0.25, 0.3) is 0 Å². The normalized spacial score (nSPS) is 7.20. The van der Waals surface area contributed by atoms with Gasteiger partial charge in [-0.1, -0.05) is 34.8 Å². The molecule has 0 aliphatic heterocycles. The van der Waals surface area contributed by atoms with Crippen molar-refractivity contribution in [3.63, 3.8) is 0 Å². The molecule has 0 heterocycles. The van der Waals surface area contributed by atoms with Crippen molar-refractivity contribution in [2.45, 2.75) is 0 Å². The van der Waals surface area contributed by atoms with E-state index in [-0.39, 0.29) is 54.6 Å². The van der Waals surface area contributed by atoms with Gasteiger partial charge in [0.1, 0.15) is 10.8 Å². The Morgan fingerprint density at radius 3 is 1.80 bits per heavy atom. The molecule has 0 bridgehead atoms. The van der Waals surface area contributed by atoms with Crippen LogP contribution in [0.4, 0.5) is 0 Å². The zero-order chi connectivity index (χ0) is 8.43. The van der Waals surface area contributed by atoms with Crippen molar-refractivity contribution in [2.75, 3.05) is 7.11 Å². The quantitative estimate of drug-likeness (QED) is 0.364. The molecule has 1 rings (SSSR count). The van der Waals surface area contributed by atoms with Gasteiger partial charge in [0.2, 0.25) is 0 Å². The average molecular weight is 345 g/mol. The fourth-order valence-corrected chi connectivity index (χ4v) is 1.27. The van der Waals surface area contributed by atoms with Crippen molar-refractivity contribution in [3.05, 3.63) is 27.2 Å². The Bertz CT molecular complexity index is 282. The van der Waals surface area contributed by atoms with Crippen LogP contribution in [0, 0.1) is 0 Å². The molecule has 0 fully saturated rings. The molecule has 0 N–H and O–H groups in total. The van der Waals surface area contributed by atoms with E-state index in [9.17, 15) is 0 Å². The van der Waals surface area contributed by atoms with Crippen molar-refractivity contribution < 1.29 is 42.0 Å². The van der Waals surface area contributed by atoms with Crippen molar-refractivity contribution in [3.8, 4) is 5.75 Å². The minimum atomic E-state index is 0. The van der Waals surface area contributed by atoms with Gasteiger partial charge in [-0.25, -0.2) is 0 Å². The largest absolute Gasteiger partial charge is 3.00 e. The number of methoxy groups -OCH3 is 1. The third-order valence-corrected chi connectivity index (χ3v) is 2.50. The van der Waals surface area contributed by atoms with E-state index in [4.69, 9.17) is 39.5 Å². The van der Waals surface area contributed by atoms with E-state index in [1.165, 1.54) is 7.11 Å². The average Bonchev–Trinajstić information content (AvgIpc) is 2.01. The zero-order valence-corrected chi connectivity index (χ0v) is 13.1. The van der Waals surface area contributed by atoms with E-state index in [1.54, 1.807) is 12.1 Å². The zero-order valence-electron chi connectivity index (χ0n) is 7.41. The van der Waals surface area contributed by atoms with Gasteiger partial charge in [0.05, 0.1) is 17.2 Å². The minimum absolute atomic E-state index is 0. The Labute approximate surface area is 133 Å². The molecule has 0 unspecified atom stereocenters. The van der Waals surface area contributed by atoms with Gasteiger partial charge in [0, 0.05) is 0 Å². The van der Waals surface area contributed by atoms with Crippen molar-refractivity contribution in [1.29, 1.82) is 0 Å². The first kappa shape index (κ1) is 25.2. The number of hydrogen-bond donors (Lipinski definition) is 0. The maximum absolute atomic E-state index is 5.76. The van der Waals surface area contributed by atoms with E-state index in [1.807, 2.05) is 0 Å². The van der Waals surface area contributed by atoms with Crippen LogP contribution in [-0.2, 0) is 0 Å². The van der Waals surface area contributed by atoms with E-state index >= 15 is 0 Å². The van der Waals surface area contributed by atoms with Crippen LogP contribution in [0.15, 0.2) is 12.1 Å². The molecule has 1 aromatic carbocycles. The summed E-state index contributed by atoms with van der Waals surface area (Å²) < 4.78 is 4.91. The van der Waals surface area contributed by atoms with Crippen molar-refractivity contribution in [1.82, 2.24) is 0 Å². The molecule has 1 nitrogen and oxygen atoms in total. The minimum Gasteiger partial charge on any atom is -1.00 e. The second-order valence-corrected chi connectivity index (χ2v) is 3.04. The molecule has 0 atom stereocenters. The topological polar surface area (TPSA) is 9.23 Å². The Morgan fingerprint density at radius 2 is 1.40 bits per heavy atom. The van der Waals surface area contributed by atoms with Gasteiger partial charge in [-0.3, -0.25) is 0 Å². The van der Waals surface area contributed by atoms with Crippen LogP contribution in [0.1, 0.15) is 0 Å². The van der Waals surface area contributed by atoms with Gasteiger partial charge in [0.15, 0.2) is 0 Å². The first-order valence-corrected chi connectivity index (χ1v) is 3.97. The number of halogens is 6. The van der Waals surface area contributed by atoms with E-state index in [0.717, 1.165) is 0 Å². The molecule has 0 saturated heterocycles. The number of benzene rings is 1. The van der Waals surface area contributed by atoms with Crippen molar-refractivity contribution >= 4 is 52.2 Å². The molecule has 8 heteroatoms. The third-order valence-electron chi connectivity index (χ3n) is 1.22. The van der Waals surface area contributed by atoms with Gasteiger partial charge in [-0.2, -0.15) is 0 Å². The molecule has 0 saturated carbocycles. The summed E-state index contributed by atoms with van der Waals surface area (Å²) in [5, 5.41) is 1.10. The van der Waals surface area contributed by atoms with Crippen LogP contribution in [0.5, 0.6) is 5.75 Å². The molecule has 0 aromatic heterocycles. The van der Waals surface area contributed by atoms with Crippen LogP contribution in [0.3, 0.4) is 0 Å². The van der Waals surface area contributed by atoms with Gasteiger partial charge >= 0.3 is 17.4 Å². The molecule has 1 aromatic rings. The predicted octanol–water partition coefficient (Wildman–Crippen LogP) is -5.71. The van der Waals surface area contributed by atoms with E-state index < -0.39 is 0 Å². The van der Waals surface area contributed by atoms with E-state index in [0.29, 0.717) is 20.8 Å². The predicted molar refractivity (Wildman–Crippen MR) is 53.8 cm³/mol.